The SMILES string of the molecule is CCCN(CCN(C)C)C1CCCC(C)(C)C1NCC. The first-order valence-electron chi connectivity index (χ1n) is 8.54. The zero-order valence-corrected chi connectivity index (χ0v) is 14.7. The number of likely N-dealkylation sites (N-methyl/N-ethyl adjacent to an activating group) is 2. The van der Waals surface area contributed by atoms with Gasteiger partial charge >= 0.3 is 0 Å². The van der Waals surface area contributed by atoms with Crippen molar-refractivity contribution in [2.45, 2.75) is 65.5 Å². The fourth-order valence-corrected chi connectivity index (χ4v) is 3.69. The Morgan fingerprint density at radius 2 is 1.80 bits per heavy atom. The molecular formula is C17H37N3. The van der Waals surface area contributed by atoms with Gasteiger partial charge in [-0.15, -0.1) is 0 Å². The molecule has 1 rings (SSSR count). The molecule has 0 heterocycles. The predicted octanol–water partition coefficient (Wildman–Crippen LogP) is 2.82. The van der Waals surface area contributed by atoms with Crippen molar-refractivity contribution in [1.29, 1.82) is 0 Å². The van der Waals surface area contributed by atoms with Crippen LogP contribution in [0.2, 0.25) is 0 Å². The molecule has 0 spiro atoms. The van der Waals surface area contributed by atoms with Crippen molar-refractivity contribution in [3.63, 3.8) is 0 Å². The van der Waals surface area contributed by atoms with Crippen LogP contribution in [0.3, 0.4) is 0 Å². The Morgan fingerprint density at radius 3 is 2.35 bits per heavy atom. The second kappa shape index (κ2) is 8.35. The molecule has 0 radical (unpaired) electrons. The second-order valence-corrected chi connectivity index (χ2v) is 7.32. The summed E-state index contributed by atoms with van der Waals surface area (Å²) >= 11 is 0. The first kappa shape index (κ1) is 17.9. The Morgan fingerprint density at radius 1 is 1.10 bits per heavy atom. The van der Waals surface area contributed by atoms with Gasteiger partial charge in [0.25, 0.3) is 0 Å². The Hall–Kier alpha value is -0.120. The van der Waals surface area contributed by atoms with Crippen molar-refractivity contribution in [3.8, 4) is 0 Å². The van der Waals surface area contributed by atoms with Gasteiger partial charge in [0.15, 0.2) is 0 Å². The molecule has 0 aliphatic heterocycles. The van der Waals surface area contributed by atoms with Gasteiger partial charge in [0.1, 0.15) is 0 Å². The summed E-state index contributed by atoms with van der Waals surface area (Å²) in [6, 6.07) is 1.34. The maximum atomic E-state index is 3.80. The lowest BCUT2D eigenvalue weighted by Gasteiger charge is -2.49. The molecule has 1 N–H and O–H groups in total. The molecule has 0 aromatic carbocycles. The molecule has 1 aliphatic rings. The van der Waals surface area contributed by atoms with Crippen LogP contribution in [-0.2, 0) is 0 Å². The second-order valence-electron chi connectivity index (χ2n) is 7.32. The summed E-state index contributed by atoms with van der Waals surface area (Å²) in [7, 11) is 4.35. The van der Waals surface area contributed by atoms with E-state index >= 15 is 0 Å². The van der Waals surface area contributed by atoms with E-state index in [0.29, 0.717) is 17.5 Å². The molecule has 120 valence electrons. The van der Waals surface area contributed by atoms with Gasteiger partial charge in [-0.3, -0.25) is 4.90 Å². The highest BCUT2D eigenvalue weighted by molar-refractivity contribution is 4.98. The summed E-state index contributed by atoms with van der Waals surface area (Å²) in [6.07, 6.45) is 5.34. The lowest BCUT2D eigenvalue weighted by atomic mass is 9.70. The lowest BCUT2D eigenvalue weighted by molar-refractivity contribution is 0.0455. The smallest absolute Gasteiger partial charge is 0.0274 e. The van der Waals surface area contributed by atoms with E-state index < -0.39 is 0 Å². The van der Waals surface area contributed by atoms with Gasteiger partial charge in [-0.1, -0.05) is 34.1 Å². The molecule has 20 heavy (non-hydrogen) atoms. The van der Waals surface area contributed by atoms with E-state index in [0.717, 1.165) is 13.1 Å². The highest BCUT2D eigenvalue weighted by Crippen LogP contribution is 2.37. The monoisotopic (exact) mass is 283 g/mol. The standard InChI is InChI=1S/C17H37N3/c1-7-12-20(14-13-19(5)6)15-10-9-11-17(3,4)16(15)18-8-2/h15-16,18H,7-14H2,1-6H3. The number of rotatable bonds is 8. The van der Waals surface area contributed by atoms with Gasteiger partial charge in [-0.05, 0) is 51.9 Å². The van der Waals surface area contributed by atoms with E-state index in [1.54, 1.807) is 0 Å². The summed E-state index contributed by atoms with van der Waals surface area (Å²) in [5.74, 6) is 0. The Labute approximate surface area is 127 Å². The summed E-state index contributed by atoms with van der Waals surface area (Å²) in [5, 5.41) is 3.80. The Balaban J connectivity index is 2.78. The maximum Gasteiger partial charge on any atom is 0.0274 e. The quantitative estimate of drug-likeness (QED) is 0.739. The molecule has 0 aromatic rings. The van der Waals surface area contributed by atoms with Crippen LogP contribution in [0.4, 0.5) is 0 Å². The molecule has 1 aliphatic carbocycles. The molecule has 0 bridgehead atoms. The third-order valence-corrected chi connectivity index (χ3v) is 4.79. The van der Waals surface area contributed by atoms with Crippen molar-refractivity contribution in [2.24, 2.45) is 5.41 Å². The molecule has 3 nitrogen and oxygen atoms in total. The van der Waals surface area contributed by atoms with E-state index in [-0.39, 0.29) is 0 Å². The van der Waals surface area contributed by atoms with Gasteiger partial charge in [0.2, 0.25) is 0 Å². The number of nitrogens with one attached hydrogen (secondary N) is 1. The minimum Gasteiger partial charge on any atom is -0.312 e. The minimum atomic E-state index is 0.420. The molecular weight excluding hydrogens is 246 g/mol. The molecule has 0 amide bonds. The highest BCUT2D eigenvalue weighted by Gasteiger charge is 2.40. The van der Waals surface area contributed by atoms with Crippen molar-refractivity contribution >= 4 is 0 Å². The van der Waals surface area contributed by atoms with Crippen LogP contribution in [0.25, 0.3) is 0 Å². The van der Waals surface area contributed by atoms with E-state index in [4.69, 9.17) is 0 Å². The van der Waals surface area contributed by atoms with Gasteiger partial charge in [-0.2, -0.15) is 0 Å². The van der Waals surface area contributed by atoms with Crippen molar-refractivity contribution < 1.29 is 0 Å². The molecule has 1 saturated carbocycles. The van der Waals surface area contributed by atoms with E-state index in [1.165, 1.54) is 38.8 Å². The van der Waals surface area contributed by atoms with Crippen LogP contribution < -0.4 is 5.32 Å². The highest BCUT2D eigenvalue weighted by atomic mass is 15.2. The molecule has 2 unspecified atom stereocenters. The molecule has 0 aromatic heterocycles. The van der Waals surface area contributed by atoms with Crippen LogP contribution in [0.5, 0.6) is 0 Å². The normalized spacial score (nSPS) is 26.4. The summed E-state index contributed by atoms with van der Waals surface area (Å²) in [4.78, 5) is 5.05. The average molecular weight is 284 g/mol. The first-order chi connectivity index (χ1) is 9.42. The molecule has 2 atom stereocenters. The topological polar surface area (TPSA) is 18.5 Å². The number of hydrogen-bond acceptors (Lipinski definition) is 3. The van der Waals surface area contributed by atoms with Crippen molar-refractivity contribution in [3.05, 3.63) is 0 Å². The number of hydrogen-bond donors (Lipinski definition) is 1. The third kappa shape index (κ3) is 5.01. The zero-order valence-electron chi connectivity index (χ0n) is 14.7. The fourth-order valence-electron chi connectivity index (χ4n) is 3.69. The van der Waals surface area contributed by atoms with E-state index in [1.807, 2.05) is 0 Å². The zero-order chi connectivity index (χ0) is 15.2. The van der Waals surface area contributed by atoms with Crippen molar-refractivity contribution in [1.82, 2.24) is 15.1 Å². The largest absolute Gasteiger partial charge is 0.312 e. The maximum absolute atomic E-state index is 3.80. The molecule has 0 saturated heterocycles. The van der Waals surface area contributed by atoms with Crippen LogP contribution >= 0.6 is 0 Å². The van der Waals surface area contributed by atoms with Gasteiger partial charge in [0.05, 0.1) is 0 Å². The van der Waals surface area contributed by atoms with Gasteiger partial charge in [0, 0.05) is 25.2 Å². The minimum absolute atomic E-state index is 0.420. The summed E-state index contributed by atoms with van der Waals surface area (Å²) < 4.78 is 0. The van der Waals surface area contributed by atoms with Crippen LogP contribution in [0.15, 0.2) is 0 Å². The fraction of sp³-hybridized carbons (Fsp3) is 1.00. The van der Waals surface area contributed by atoms with Crippen LogP contribution in [0.1, 0.15) is 53.4 Å². The van der Waals surface area contributed by atoms with Gasteiger partial charge in [-0.25, -0.2) is 0 Å². The number of nitrogens with zero attached hydrogens (tertiary/aromatic N) is 2. The first-order valence-corrected chi connectivity index (χ1v) is 8.54. The Kier molecular flexibility index (Phi) is 7.49. The van der Waals surface area contributed by atoms with Crippen LogP contribution in [-0.4, -0.2) is 62.2 Å². The summed E-state index contributed by atoms with van der Waals surface area (Å²) in [5.41, 5.74) is 0.420. The average Bonchev–Trinajstić information content (AvgIpc) is 2.37. The van der Waals surface area contributed by atoms with Gasteiger partial charge < -0.3 is 10.2 Å². The third-order valence-electron chi connectivity index (χ3n) is 4.79. The predicted molar refractivity (Wildman–Crippen MR) is 89.3 cm³/mol. The molecule has 3 heteroatoms. The van der Waals surface area contributed by atoms with Crippen LogP contribution in [0, 0.1) is 5.41 Å². The lowest BCUT2D eigenvalue weighted by Crippen LogP contribution is -2.59. The van der Waals surface area contributed by atoms with E-state index in [9.17, 15) is 0 Å². The van der Waals surface area contributed by atoms with Crippen molar-refractivity contribution in [2.75, 3.05) is 40.3 Å². The van der Waals surface area contributed by atoms with E-state index in [2.05, 4.69) is 56.9 Å². The Bertz CT molecular complexity index is 263. The molecule has 1 fully saturated rings. The summed E-state index contributed by atoms with van der Waals surface area (Å²) in [6.45, 7) is 14.1.